The van der Waals surface area contributed by atoms with E-state index in [2.05, 4.69) is 31.2 Å². The second-order valence-corrected chi connectivity index (χ2v) is 12.2. The Bertz CT molecular complexity index is 1200. The molecule has 0 atom stereocenters. The van der Waals surface area contributed by atoms with Crippen LogP contribution < -0.4 is 5.32 Å². The van der Waals surface area contributed by atoms with E-state index in [1.807, 2.05) is 41.1 Å². The van der Waals surface area contributed by atoms with Crippen molar-refractivity contribution in [3.05, 3.63) is 64.4 Å². The fourth-order valence-corrected chi connectivity index (χ4v) is 6.23. The van der Waals surface area contributed by atoms with E-state index in [-0.39, 0.29) is 5.54 Å². The second-order valence-electron chi connectivity index (χ2n) is 10.1. The van der Waals surface area contributed by atoms with E-state index in [1.54, 1.807) is 24.0 Å². The largest absolute Gasteiger partial charge is 0.481 e. The van der Waals surface area contributed by atoms with Crippen molar-refractivity contribution in [3.8, 4) is 0 Å². The first kappa shape index (κ1) is 25.9. The van der Waals surface area contributed by atoms with E-state index in [9.17, 15) is 9.90 Å². The van der Waals surface area contributed by atoms with Gasteiger partial charge in [-0.25, -0.2) is 9.67 Å². The van der Waals surface area contributed by atoms with Crippen LogP contribution in [0.4, 0.5) is 11.6 Å². The maximum absolute atomic E-state index is 12.4. The maximum Gasteiger partial charge on any atom is 0.310 e. The Balaban J connectivity index is 1.45. The Kier molecular flexibility index (Phi) is 7.69. The molecule has 0 bridgehead atoms. The number of nitrogens with one attached hydrogen (secondary N) is 1. The lowest BCUT2D eigenvalue weighted by Crippen LogP contribution is -2.38. The highest BCUT2D eigenvalue weighted by atomic mass is 35.5. The van der Waals surface area contributed by atoms with E-state index in [4.69, 9.17) is 28.2 Å². The Hall–Kier alpha value is -2.22. The first-order valence-corrected chi connectivity index (χ1v) is 13.3. The summed E-state index contributed by atoms with van der Waals surface area (Å²) in [5.41, 5.74) is -0.236. The average Bonchev–Trinajstić information content (AvgIpc) is 3.27. The van der Waals surface area contributed by atoms with Gasteiger partial charge in [0.1, 0.15) is 11.6 Å². The number of halogens is 2. The van der Waals surface area contributed by atoms with Gasteiger partial charge in [-0.3, -0.25) is 4.79 Å². The lowest BCUT2D eigenvalue weighted by atomic mass is 9.71. The molecular formula is C26H30Cl2N4O2S. The van der Waals surface area contributed by atoms with Gasteiger partial charge in [-0.15, -0.1) is 11.8 Å². The number of benzene rings is 1. The van der Waals surface area contributed by atoms with Gasteiger partial charge in [0.2, 0.25) is 0 Å². The summed E-state index contributed by atoms with van der Waals surface area (Å²) in [5.74, 6) is 0.758. The molecule has 1 fully saturated rings. The Morgan fingerprint density at radius 2 is 1.89 bits per heavy atom. The van der Waals surface area contributed by atoms with Crippen LogP contribution in [0, 0.1) is 5.41 Å². The van der Waals surface area contributed by atoms with Gasteiger partial charge >= 0.3 is 5.97 Å². The fraction of sp³-hybridized carbons (Fsp3) is 0.423. The van der Waals surface area contributed by atoms with Crippen LogP contribution in [0.5, 0.6) is 0 Å². The number of pyridine rings is 1. The van der Waals surface area contributed by atoms with Gasteiger partial charge in [0.25, 0.3) is 0 Å². The number of anilines is 2. The predicted octanol–water partition coefficient (Wildman–Crippen LogP) is 7.43. The van der Waals surface area contributed by atoms with E-state index >= 15 is 0 Å². The lowest BCUT2D eigenvalue weighted by Gasteiger charge is -2.36. The number of thioether (sulfide) groups is 1. The van der Waals surface area contributed by atoms with Crippen molar-refractivity contribution in [2.45, 2.75) is 68.6 Å². The SMILES string of the molecule is CC(C)(C)n1nccc1Nc1cccc(CC2(C(=O)O)CCC(Sc3cccc(Cl)c3Cl)CC2)n1. The third-order valence-electron chi connectivity index (χ3n) is 6.41. The lowest BCUT2D eigenvalue weighted by molar-refractivity contribution is -0.151. The highest BCUT2D eigenvalue weighted by molar-refractivity contribution is 8.00. The second kappa shape index (κ2) is 10.4. The number of carboxylic acids is 1. The summed E-state index contributed by atoms with van der Waals surface area (Å²) in [6, 6.07) is 13.2. The van der Waals surface area contributed by atoms with Gasteiger partial charge in [0.15, 0.2) is 0 Å². The third-order valence-corrected chi connectivity index (χ3v) is 8.74. The van der Waals surface area contributed by atoms with Crippen LogP contribution in [0.3, 0.4) is 0 Å². The van der Waals surface area contributed by atoms with Crippen LogP contribution in [-0.2, 0) is 16.8 Å². The number of carboxylic acid groups (broad SMARTS) is 1. The number of aliphatic carboxylic acids is 1. The van der Waals surface area contributed by atoms with E-state index in [0.29, 0.717) is 40.4 Å². The van der Waals surface area contributed by atoms with E-state index in [0.717, 1.165) is 29.2 Å². The summed E-state index contributed by atoms with van der Waals surface area (Å²) in [7, 11) is 0. The van der Waals surface area contributed by atoms with Crippen molar-refractivity contribution >= 4 is 52.6 Å². The molecule has 1 saturated carbocycles. The molecule has 0 unspecified atom stereocenters. The minimum Gasteiger partial charge on any atom is -0.481 e. The molecule has 2 N–H and O–H groups in total. The summed E-state index contributed by atoms with van der Waals surface area (Å²) < 4.78 is 1.91. The van der Waals surface area contributed by atoms with Crippen molar-refractivity contribution in [1.29, 1.82) is 0 Å². The smallest absolute Gasteiger partial charge is 0.310 e. The summed E-state index contributed by atoms with van der Waals surface area (Å²) in [4.78, 5) is 18.1. The maximum atomic E-state index is 12.4. The zero-order chi connectivity index (χ0) is 25.2. The Labute approximate surface area is 220 Å². The molecule has 0 saturated heterocycles. The fourth-order valence-electron chi connectivity index (χ4n) is 4.54. The molecule has 186 valence electrons. The average molecular weight is 534 g/mol. The third kappa shape index (κ3) is 5.96. The zero-order valence-corrected chi connectivity index (χ0v) is 22.4. The number of rotatable bonds is 7. The minimum atomic E-state index is -0.825. The molecule has 35 heavy (non-hydrogen) atoms. The highest BCUT2D eigenvalue weighted by Gasteiger charge is 2.42. The van der Waals surface area contributed by atoms with Gasteiger partial charge in [0.05, 0.1) is 27.2 Å². The molecule has 3 aromatic rings. The van der Waals surface area contributed by atoms with Gasteiger partial charge in [0, 0.05) is 28.3 Å². The van der Waals surface area contributed by atoms with Crippen LogP contribution in [-0.4, -0.2) is 31.1 Å². The van der Waals surface area contributed by atoms with Gasteiger partial charge < -0.3 is 10.4 Å². The van der Waals surface area contributed by atoms with Crippen LogP contribution in [0.2, 0.25) is 10.0 Å². The summed E-state index contributed by atoms with van der Waals surface area (Å²) in [6.45, 7) is 6.25. The molecule has 0 radical (unpaired) electrons. The van der Waals surface area contributed by atoms with Gasteiger partial charge in [-0.05, 0) is 70.7 Å². The van der Waals surface area contributed by atoms with Crippen molar-refractivity contribution in [3.63, 3.8) is 0 Å². The highest BCUT2D eigenvalue weighted by Crippen LogP contribution is 2.46. The number of nitrogens with zero attached hydrogens (tertiary/aromatic N) is 3. The Morgan fingerprint density at radius 3 is 2.57 bits per heavy atom. The molecule has 1 aromatic carbocycles. The number of hydrogen-bond acceptors (Lipinski definition) is 5. The molecule has 0 spiro atoms. The number of carbonyl (C=O) groups is 1. The number of aromatic nitrogens is 3. The van der Waals surface area contributed by atoms with Crippen LogP contribution >= 0.6 is 35.0 Å². The van der Waals surface area contributed by atoms with Crippen LogP contribution in [0.1, 0.15) is 52.1 Å². The standard InChI is InChI=1S/C26H30Cl2N4O2S/c1-25(2,3)32-22(12-15-29-32)31-21-9-4-6-17(30-21)16-26(24(33)34)13-10-18(11-14-26)35-20-8-5-7-19(27)23(20)28/h4-9,12,15,18H,10-11,13-14,16H2,1-3H3,(H,30,31)(H,33,34). The molecule has 6 nitrogen and oxygen atoms in total. The summed E-state index contributed by atoms with van der Waals surface area (Å²) >= 11 is 14.2. The molecule has 9 heteroatoms. The molecule has 2 heterocycles. The van der Waals surface area contributed by atoms with Crippen molar-refractivity contribution in [1.82, 2.24) is 14.8 Å². The monoisotopic (exact) mass is 532 g/mol. The number of hydrogen-bond donors (Lipinski definition) is 2. The predicted molar refractivity (Wildman–Crippen MR) is 143 cm³/mol. The molecular weight excluding hydrogens is 503 g/mol. The van der Waals surface area contributed by atoms with E-state index < -0.39 is 11.4 Å². The summed E-state index contributed by atoms with van der Waals surface area (Å²) in [6.07, 6.45) is 4.92. The molecule has 1 aliphatic rings. The quantitative estimate of drug-likeness (QED) is 0.329. The molecule has 1 aliphatic carbocycles. The topological polar surface area (TPSA) is 80.0 Å². The van der Waals surface area contributed by atoms with Crippen molar-refractivity contribution in [2.75, 3.05) is 5.32 Å². The molecule has 4 rings (SSSR count). The van der Waals surface area contributed by atoms with Crippen LogP contribution in [0.15, 0.2) is 53.6 Å². The normalized spacial score (nSPS) is 20.5. The molecule has 2 aromatic heterocycles. The molecule has 0 aliphatic heterocycles. The van der Waals surface area contributed by atoms with Crippen LogP contribution in [0.25, 0.3) is 0 Å². The zero-order valence-electron chi connectivity index (χ0n) is 20.1. The first-order chi connectivity index (χ1) is 16.6. The van der Waals surface area contributed by atoms with Crippen molar-refractivity contribution < 1.29 is 9.90 Å². The van der Waals surface area contributed by atoms with Gasteiger partial charge in [-0.2, -0.15) is 5.10 Å². The Morgan fingerprint density at radius 1 is 1.17 bits per heavy atom. The van der Waals surface area contributed by atoms with E-state index in [1.165, 1.54) is 0 Å². The van der Waals surface area contributed by atoms with Gasteiger partial charge in [-0.1, -0.05) is 35.3 Å². The molecule has 0 amide bonds. The van der Waals surface area contributed by atoms with Crippen molar-refractivity contribution in [2.24, 2.45) is 5.41 Å². The first-order valence-electron chi connectivity index (χ1n) is 11.7. The minimum absolute atomic E-state index is 0.178. The summed E-state index contributed by atoms with van der Waals surface area (Å²) in [5, 5.41) is 19.4.